The molecule has 0 aromatic heterocycles. The van der Waals surface area contributed by atoms with Gasteiger partial charge in [-0.2, -0.15) is 12.8 Å². The molecule has 0 aliphatic carbocycles. The summed E-state index contributed by atoms with van der Waals surface area (Å²) in [6.07, 6.45) is 8.77. The summed E-state index contributed by atoms with van der Waals surface area (Å²) in [5.74, 6) is 0. The maximum Gasteiger partial charge on any atom is 0.282 e. The predicted octanol–water partition coefficient (Wildman–Crippen LogP) is 4.44. The van der Waals surface area contributed by atoms with Crippen molar-refractivity contribution in [3.63, 3.8) is 0 Å². The van der Waals surface area contributed by atoms with Crippen LogP contribution in [0.25, 0.3) is 0 Å². The summed E-state index contributed by atoms with van der Waals surface area (Å²) in [5, 5.41) is 0.494. The van der Waals surface area contributed by atoms with Gasteiger partial charge in [-0.05, 0) is 69.5 Å². The number of piperidine rings is 1. The van der Waals surface area contributed by atoms with E-state index in [2.05, 4.69) is 15.4 Å². The highest BCUT2D eigenvalue weighted by atomic mass is 35.5. The van der Waals surface area contributed by atoms with Crippen LogP contribution in [0.4, 0.5) is 0 Å². The molecule has 0 atom stereocenters. The minimum atomic E-state index is -3.70. The molecule has 24 heavy (non-hydrogen) atoms. The molecule has 1 heterocycles. The van der Waals surface area contributed by atoms with Gasteiger partial charge >= 0.3 is 0 Å². The Balaban J connectivity index is 2.21. The van der Waals surface area contributed by atoms with Gasteiger partial charge in [0.15, 0.2) is 0 Å². The zero-order chi connectivity index (χ0) is 17.6. The van der Waals surface area contributed by atoms with E-state index in [0.717, 1.165) is 31.6 Å². The predicted molar refractivity (Wildman–Crippen MR) is 100 cm³/mol. The van der Waals surface area contributed by atoms with Crippen molar-refractivity contribution >= 4 is 27.8 Å². The van der Waals surface area contributed by atoms with Crippen LogP contribution in [0.1, 0.15) is 33.1 Å². The molecule has 0 N–H and O–H groups in total. The van der Waals surface area contributed by atoms with Gasteiger partial charge in [0.25, 0.3) is 10.0 Å². The molecule has 1 aliphatic rings. The molecule has 130 valence electrons. The SMILES string of the molecule is CC(C)=C/C(=C\C=N\S(=O)(=O)c1ccc(Cl)cc1)N1CCCCC1. The van der Waals surface area contributed by atoms with Gasteiger partial charge in [-0.25, -0.2) is 0 Å². The monoisotopic (exact) mass is 366 g/mol. The third-order valence-electron chi connectivity index (χ3n) is 3.71. The largest absolute Gasteiger partial charge is 0.371 e. The van der Waals surface area contributed by atoms with E-state index in [9.17, 15) is 8.42 Å². The molecule has 1 fully saturated rings. The Morgan fingerprint density at radius 2 is 1.75 bits per heavy atom. The molecule has 1 saturated heterocycles. The molecule has 0 saturated carbocycles. The standard InChI is InChI=1S/C18H23ClN2O2S/c1-15(2)14-17(21-12-4-3-5-13-21)10-11-20-24(22,23)18-8-6-16(19)7-9-18/h6-11,14H,3-5,12-13H2,1-2H3/b17-10+,20-11+. The average Bonchev–Trinajstić information content (AvgIpc) is 2.54. The molecule has 6 heteroatoms. The summed E-state index contributed by atoms with van der Waals surface area (Å²) in [6.45, 7) is 6.04. The summed E-state index contributed by atoms with van der Waals surface area (Å²) in [4.78, 5) is 2.41. The van der Waals surface area contributed by atoms with Crippen LogP contribution in [0.15, 0.2) is 57.0 Å². The zero-order valence-corrected chi connectivity index (χ0v) is 15.6. The maximum absolute atomic E-state index is 12.2. The van der Waals surface area contributed by atoms with Crippen molar-refractivity contribution in [3.05, 3.63) is 52.7 Å². The van der Waals surface area contributed by atoms with E-state index in [1.807, 2.05) is 13.8 Å². The molecule has 2 rings (SSSR count). The molecule has 1 aliphatic heterocycles. The fraction of sp³-hybridized carbons (Fsp3) is 0.389. The molecule has 0 bridgehead atoms. The molecule has 4 nitrogen and oxygen atoms in total. The van der Waals surface area contributed by atoms with Gasteiger partial charge in [-0.15, -0.1) is 0 Å². The summed E-state index contributed by atoms with van der Waals surface area (Å²) < 4.78 is 28.2. The highest BCUT2D eigenvalue weighted by molar-refractivity contribution is 7.90. The first kappa shape index (κ1) is 18.7. The van der Waals surface area contributed by atoms with Crippen LogP contribution in [-0.2, 0) is 10.0 Å². The van der Waals surface area contributed by atoms with Crippen LogP contribution in [0, 0.1) is 0 Å². The number of likely N-dealkylation sites (tertiary alicyclic amines) is 1. The van der Waals surface area contributed by atoms with E-state index >= 15 is 0 Å². The van der Waals surface area contributed by atoms with Crippen LogP contribution < -0.4 is 0 Å². The number of nitrogens with zero attached hydrogens (tertiary/aromatic N) is 2. The topological polar surface area (TPSA) is 49.7 Å². The van der Waals surface area contributed by atoms with Crippen LogP contribution in [0.5, 0.6) is 0 Å². The Bertz CT molecular complexity index is 740. The van der Waals surface area contributed by atoms with Crippen molar-refractivity contribution in [1.82, 2.24) is 4.90 Å². The average molecular weight is 367 g/mol. The van der Waals surface area contributed by atoms with Crippen molar-refractivity contribution in [2.45, 2.75) is 38.0 Å². The Morgan fingerprint density at radius 3 is 2.33 bits per heavy atom. The van der Waals surface area contributed by atoms with E-state index in [1.54, 1.807) is 18.2 Å². The molecule has 0 spiro atoms. The molecule has 1 aromatic carbocycles. The molecule has 0 amide bonds. The van der Waals surface area contributed by atoms with Crippen LogP contribution >= 0.6 is 11.6 Å². The summed E-state index contributed by atoms with van der Waals surface area (Å²) in [7, 11) is -3.70. The number of benzene rings is 1. The lowest BCUT2D eigenvalue weighted by molar-refractivity contribution is 0.293. The molecular weight excluding hydrogens is 344 g/mol. The Kier molecular flexibility index (Phi) is 6.63. The van der Waals surface area contributed by atoms with Crippen molar-refractivity contribution in [2.75, 3.05) is 13.1 Å². The normalized spacial score (nSPS) is 16.5. The quantitative estimate of drug-likeness (QED) is 0.572. The van der Waals surface area contributed by atoms with Crippen LogP contribution in [0.2, 0.25) is 5.02 Å². The van der Waals surface area contributed by atoms with E-state index in [0.29, 0.717) is 5.02 Å². The maximum atomic E-state index is 12.2. The van der Waals surface area contributed by atoms with Crippen molar-refractivity contribution in [3.8, 4) is 0 Å². The highest BCUT2D eigenvalue weighted by Crippen LogP contribution is 2.18. The fourth-order valence-electron chi connectivity index (χ4n) is 2.55. The molecule has 0 unspecified atom stereocenters. The Hall–Kier alpha value is -1.59. The lowest BCUT2D eigenvalue weighted by Crippen LogP contribution is -2.28. The van der Waals surface area contributed by atoms with Crippen molar-refractivity contribution in [1.29, 1.82) is 0 Å². The van der Waals surface area contributed by atoms with Gasteiger partial charge < -0.3 is 4.90 Å². The molecule has 1 aromatic rings. The van der Waals surface area contributed by atoms with Crippen LogP contribution in [0.3, 0.4) is 0 Å². The summed E-state index contributed by atoms with van der Waals surface area (Å²) in [5.41, 5.74) is 2.17. The minimum Gasteiger partial charge on any atom is -0.371 e. The number of hydrogen-bond donors (Lipinski definition) is 0. The third kappa shape index (κ3) is 5.49. The van der Waals surface area contributed by atoms with Crippen molar-refractivity contribution in [2.24, 2.45) is 4.40 Å². The number of rotatable bonds is 5. The second-order valence-electron chi connectivity index (χ2n) is 6.04. The lowest BCUT2D eigenvalue weighted by Gasteiger charge is -2.29. The second-order valence-corrected chi connectivity index (χ2v) is 8.11. The summed E-state index contributed by atoms with van der Waals surface area (Å²) >= 11 is 5.79. The van der Waals surface area contributed by atoms with E-state index in [-0.39, 0.29) is 4.90 Å². The zero-order valence-electron chi connectivity index (χ0n) is 14.1. The second kappa shape index (κ2) is 8.49. The van der Waals surface area contributed by atoms with Crippen LogP contribution in [-0.4, -0.2) is 32.6 Å². The lowest BCUT2D eigenvalue weighted by atomic mass is 10.1. The van der Waals surface area contributed by atoms with E-state index < -0.39 is 10.0 Å². The Morgan fingerprint density at radius 1 is 1.12 bits per heavy atom. The molecule has 0 radical (unpaired) electrons. The van der Waals surface area contributed by atoms with Gasteiger partial charge in [-0.3, -0.25) is 0 Å². The molecular formula is C18H23ClN2O2S. The fourth-order valence-corrected chi connectivity index (χ4v) is 3.50. The Labute approximate surface area is 149 Å². The smallest absolute Gasteiger partial charge is 0.282 e. The van der Waals surface area contributed by atoms with E-state index in [1.165, 1.54) is 30.3 Å². The first-order chi connectivity index (χ1) is 11.4. The number of halogens is 1. The van der Waals surface area contributed by atoms with Gasteiger partial charge in [0, 0.05) is 30.0 Å². The van der Waals surface area contributed by atoms with Gasteiger partial charge in [-0.1, -0.05) is 17.2 Å². The number of hydrogen-bond acceptors (Lipinski definition) is 3. The van der Waals surface area contributed by atoms with Gasteiger partial charge in [0.1, 0.15) is 0 Å². The number of sulfonamides is 1. The first-order valence-corrected chi connectivity index (χ1v) is 9.86. The van der Waals surface area contributed by atoms with Gasteiger partial charge in [0.2, 0.25) is 0 Å². The number of allylic oxidation sites excluding steroid dienone is 3. The first-order valence-electron chi connectivity index (χ1n) is 8.04. The van der Waals surface area contributed by atoms with Gasteiger partial charge in [0.05, 0.1) is 4.90 Å². The summed E-state index contributed by atoms with van der Waals surface area (Å²) in [6, 6.07) is 6.00. The minimum absolute atomic E-state index is 0.137. The van der Waals surface area contributed by atoms with Crippen molar-refractivity contribution < 1.29 is 8.42 Å². The third-order valence-corrected chi connectivity index (χ3v) is 5.23. The van der Waals surface area contributed by atoms with E-state index in [4.69, 9.17) is 11.6 Å². The highest BCUT2D eigenvalue weighted by Gasteiger charge is 2.13.